The summed E-state index contributed by atoms with van der Waals surface area (Å²) >= 11 is 2.79. The van der Waals surface area contributed by atoms with Gasteiger partial charge in [0.1, 0.15) is 4.48 Å². The summed E-state index contributed by atoms with van der Waals surface area (Å²) in [6.07, 6.45) is -0.887. The Bertz CT molecular complexity index is 198. The number of halogens is 1. The van der Waals surface area contributed by atoms with Gasteiger partial charge in [-0.25, -0.2) is 4.79 Å². The van der Waals surface area contributed by atoms with Crippen molar-refractivity contribution in [3.63, 3.8) is 0 Å². The van der Waals surface area contributed by atoms with Crippen LogP contribution < -0.4 is 0 Å². The van der Waals surface area contributed by atoms with E-state index in [4.69, 9.17) is 10.2 Å². The fraction of sp³-hybridized carbons (Fsp3) is 0.400. The Morgan fingerprint density at radius 1 is 1.70 bits per heavy atom. The lowest BCUT2D eigenvalue weighted by molar-refractivity contribution is -0.141. The second-order valence-corrected chi connectivity index (χ2v) is 2.57. The van der Waals surface area contributed by atoms with Crippen molar-refractivity contribution in [1.82, 2.24) is 0 Å². The Labute approximate surface area is 65.2 Å². The molecule has 0 aromatic heterocycles. The number of cyclic esters (lactones) is 1. The first-order valence-corrected chi connectivity index (χ1v) is 3.36. The number of ether oxygens (including phenoxy) is 1. The van der Waals surface area contributed by atoms with E-state index in [2.05, 4.69) is 20.7 Å². The maximum Gasteiger partial charge on any atom is 0.349 e. The fourth-order valence-corrected chi connectivity index (χ4v) is 0.955. The molecule has 0 unspecified atom stereocenters. The second kappa shape index (κ2) is 2.59. The van der Waals surface area contributed by atoms with Crippen LogP contribution in [0.2, 0.25) is 0 Å². The maximum absolute atomic E-state index is 10.6. The van der Waals surface area contributed by atoms with Crippen LogP contribution in [-0.2, 0) is 9.53 Å². The zero-order valence-electron chi connectivity index (χ0n) is 4.87. The molecule has 0 aromatic carbocycles. The van der Waals surface area contributed by atoms with Crippen LogP contribution in [0.5, 0.6) is 0 Å². The minimum atomic E-state index is -0.887. The maximum atomic E-state index is 10.6. The van der Waals surface area contributed by atoms with Gasteiger partial charge in [0.25, 0.3) is 0 Å². The zero-order valence-corrected chi connectivity index (χ0v) is 6.46. The third kappa shape index (κ3) is 1.02. The number of aliphatic hydroxyl groups is 2. The Morgan fingerprint density at radius 2 is 2.30 bits per heavy atom. The van der Waals surface area contributed by atoms with Gasteiger partial charge in [0.15, 0.2) is 11.9 Å². The van der Waals surface area contributed by atoms with E-state index in [1.165, 1.54) is 0 Å². The smallest absolute Gasteiger partial charge is 0.349 e. The van der Waals surface area contributed by atoms with E-state index in [1.807, 2.05) is 0 Å². The van der Waals surface area contributed by atoms with Crippen molar-refractivity contribution in [1.29, 1.82) is 0 Å². The van der Waals surface area contributed by atoms with Crippen molar-refractivity contribution in [2.24, 2.45) is 0 Å². The summed E-state index contributed by atoms with van der Waals surface area (Å²) in [6, 6.07) is 0. The third-order valence-corrected chi connectivity index (χ3v) is 1.85. The van der Waals surface area contributed by atoms with Gasteiger partial charge in [-0.15, -0.1) is 0 Å². The first-order chi connectivity index (χ1) is 4.66. The molecule has 0 fully saturated rings. The van der Waals surface area contributed by atoms with Crippen LogP contribution in [0.15, 0.2) is 10.2 Å². The van der Waals surface area contributed by atoms with E-state index in [9.17, 15) is 4.79 Å². The van der Waals surface area contributed by atoms with Gasteiger partial charge in [-0.1, -0.05) is 0 Å². The molecule has 0 aromatic rings. The number of esters is 1. The minimum absolute atomic E-state index is 0.00782. The number of rotatable bonds is 1. The van der Waals surface area contributed by atoms with Crippen LogP contribution in [0.3, 0.4) is 0 Å². The molecule has 0 spiro atoms. The van der Waals surface area contributed by atoms with Crippen molar-refractivity contribution >= 4 is 21.9 Å². The topological polar surface area (TPSA) is 66.8 Å². The summed E-state index contributed by atoms with van der Waals surface area (Å²) in [4.78, 5) is 10.6. The summed E-state index contributed by atoms with van der Waals surface area (Å²) < 4.78 is 4.47. The van der Waals surface area contributed by atoms with Crippen LogP contribution in [0.25, 0.3) is 0 Å². The molecule has 1 aliphatic heterocycles. The van der Waals surface area contributed by atoms with E-state index in [1.54, 1.807) is 0 Å². The molecular formula is C5H5BrO4. The van der Waals surface area contributed by atoms with Crippen LogP contribution in [-0.4, -0.2) is 28.9 Å². The molecule has 0 aliphatic carbocycles. The summed E-state index contributed by atoms with van der Waals surface area (Å²) in [5.41, 5.74) is 0. The average molecular weight is 209 g/mol. The number of hydrogen-bond donors (Lipinski definition) is 2. The summed E-state index contributed by atoms with van der Waals surface area (Å²) in [6.45, 7) is -0.396. The first-order valence-electron chi connectivity index (χ1n) is 2.57. The van der Waals surface area contributed by atoms with Crippen molar-refractivity contribution in [3.8, 4) is 0 Å². The highest BCUT2D eigenvalue weighted by molar-refractivity contribution is 9.12. The van der Waals surface area contributed by atoms with Gasteiger partial charge in [0.05, 0.1) is 6.61 Å². The van der Waals surface area contributed by atoms with E-state index < -0.39 is 18.7 Å². The lowest BCUT2D eigenvalue weighted by Crippen LogP contribution is -2.15. The predicted molar refractivity (Wildman–Crippen MR) is 35.5 cm³/mol. The van der Waals surface area contributed by atoms with Gasteiger partial charge in [-0.3, -0.25) is 0 Å². The molecule has 4 nitrogen and oxygen atoms in total. The van der Waals surface area contributed by atoms with Crippen molar-refractivity contribution in [2.75, 3.05) is 6.61 Å². The molecule has 0 bridgehead atoms. The number of hydrogen-bond acceptors (Lipinski definition) is 4. The highest BCUT2D eigenvalue weighted by Crippen LogP contribution is 2.24. The molecule has 0 radical (unpaired) electrons. The molecule has 1 atom stereocenters. The molecule has 0 amide bonds. The molecule has 1 aliphatic rings. The van der Waals surface area contributed by atoms with Gasteiger partial charge < -0.3 is 14.9 Å². The Kier molecular flexibility index (Phi) is 1.96. The Balaban J connectivity index is 2.83. The number of aliphatic hydroxyl groups excluding tert-OH is 2. The molecule has 5 heteroatoms. The molecule has 1 rings (SSSR count). The van der Waals surface area contributed by atoms with Gasteiger partial charge in [0, 0.05) is 0 Å². The molecule has 10 heavy (non-hydrogen) atoms. The fourth-order valence-electron chi connectivity index (χ4n) is 0.606. The summed E-state index contributed by atoms with van der Waals surface area (Å²) in [5, 5.41) is 17.4. The van der Waals surface area contributed by atoms with Crippen LogP contribution in [0.1, 0.15) is 0 Å². The third-order valence-electron chi connectivity index (χ3n) is 1.12. The second-order valence-electron chi connectivity index (χ2n) is 1.78. The van der Waals surface area contributed by atoms with E-state index >= 15 is 0 Å². The van der Waals surface area contributed by atoms with Gasteiger partial charge in [-0.2, -0.15) is 0 Å². The standard InChI is InChI=1S/C5H5BrO4/c6-3-4(8)2(1-7)10-5(3)9/h2,7-8H,1H2/t2-/m1/s1. The molecule has 2 N–H and O–H groups in total. The highest BCUT2D eigenvalue weighted by atomic mass is 79.9. The highest BCUT2D eigenvalue weighted by Gasteiger charge is 2.31. The minimum Gasteiger partial charge on any atom is -0.507 e. The van der Waals surface area contributed by atoms with Gasteiger partial charge >= 0.3 is 5.97 Å². The van der Waals surface area contributed by atoms with Crippen LogP contribution in [0, 0.1) is 0 Å². The monoisotopic (exact) mass is 208 g/mol. The van der Waals surface area contributed by atoms with Crippen molar-refractivity contribution < 1.29 is 19.7 Å². The Morgan fingerprint density at radius 3 is 2.50 bits per heavy atom. The van der Waals surface area contributed by atoms with Crippen molar-refractivity contribution in [2.45, 2.75) is 6.10 Å². The predicted octanol–water partition coefficient (Wildman–Crippen LogP) is 0.0686. The Hall–Kier alpha value is -0.550. The lowest BCUT2D eigenvalue weighted by Gasteiger charge is -2.03. The average Bonchev–Trinajstić information content (AvgIpc) is 2.17. The van der Waals surface area contributed by atoms with Crippen LogP contribution >= 0.6 is 15.9 Å². The molecule has 56 valence electrons. The molecule has 0 saturated carbocycles. The summed E-state index contributed by atoms with van der Waals surface area (Å²) in [5.74, 6) is -0.885. The normalized spacial score (nSPS) is 25.4. The lowest BCUT2D eigenvalue weighted by atomic mass is 10.3. The van der Waals surface area contributed by atoms with Gasteiger partial charge in [-0.05, 0) is 15.9 Å². The van der Waals surface area contributed by atoms with Crippen molar-refractivity contribution in [3.05, 3.63) is 10.2 Å². The largest absolute Gasteiger partial charge is 0.507 e. The molecule has 1 heterocycles. The number of carbonyl (C=O) groups is 1. The summed E-state index contributed by atoms with van der Waals surface area (Å²) in [7, 11) is 0. The number of carbonyl (C=O) groups excluding carboxylic acids is 1. The SMILES string of the molecule is O=C1O[C@H](CO)C(O)=C1Br. The molecule has 0 saturated heterocycles. The first kappa shape index (κ1) is 7.56. The zero-order chi connectivity index (χ0) is 7.72. The van der Waals surface area contributed by atoms with E-state index in [0.717, 1.165) is 0 Å². The molecular weight excluding hydrogens is 204 g/mol. The van der Waals surface area contributed by atoms with Crippen LogP contribution in [0.4, 0.5) is 0 Å². The van der Waals surface area contributed by atoms with E-state index in [-0.39, 0.29) is 10.2 Å². The quantitative estimate of drug-likeness (QED) is 0.599. The van der Waals surface area contributed by atoms with Gasteiger partial charge in [0.2, 0.25) is 0 Å². The van der Waals surface area contributed by atoms with E-state index in [0.29, 0.717) is 0 Å².